The molecule has 2 aromatic rings. The Balaban J connectivity index is 1.69. The third-order valence-electron chi connectivity index (χ3n) is 5.16. The number of ether oxygens (including phenoxy) is 1. The lowest BCUT2D eigenvalue weighted by molar-refractivity contribution is -0.160. The highest BCUT2D eigenvalue weighted by Gasteiger charge is 2.30. The molecule has 6 nitrogen and oxygen atoms in total. The van der Waals surface area contributed by atoms with E-state index in [-0.39, 0.29) is 18.3 Å². The van der Waals surface area contributed by atoms with Crippen molar-refractivity contribution in [2.24, 2.45) is 0 Å². The molecule has 29 heavy (non-hydrogen) atoms. The first-order valence-electron chi connectivity index (χ1n) is 9.91. The maximum atomic E-state index is 13.0. The number of hydrogen-bond acceptors (Lipinski definition) is 6. The summed E-state index contributed by atoms with van der Waals surface area (Å²) in [7, 11) is 0. The minimum absolute atomic E-state index is 0.137. The van der Waals surface area contributed by atoms with Crippen LogP contribution in [0.1, 0.15) is 47.9 Å². The second-order valence-corrected chi connectivity index (χ2v) is 7.95. The predicted octanol–water partition coefficient (Wildman–Crippen LogP) is 3.65. The third-order valence-corrected chi connectivity index (χ3v) is 5.70. The van der Waals surface area contributed by atoms with Crippen LogP contribution in [0.5, 0.6) is 0 Å². The Bertz CT molecular complexity index is 844. The van der Waals surface area contributed by atoms with E-state index in [9.17, 15) is 9.59 Å². The second-order valence-electron chi connectivity index (χ2n) is 7.17. The fourth-order valence-corrected chi connectivity index (χ4v) is 4.03. The molecule has 1 saturated heterocycles. The second kappa shape index (κ2) is 9.87. The van der Waals surface area contributed by atoms with E-state index in [0.717, 1.165) is 48.0 Å². The fourth-order valence-electron chi connectivity index (χ4n) is 3.57. The van der Waals surface area contributed by atoms with Gasteiger partial charge in [-0.15, -0.1) is 0 Å². The van der Waals surface area contributed by atoms with Crippen molar-refractivity contribution in [3.8, 4) is 0 Å². The summed E-state index contributed by atoms with van der Waals surface area (Å²) < 4.78 is 5.68. The van der Waals surface area contributed by atoms with E-state index in [2.05, 4.69) is 9.97 Å². The van der Waals surface area contributed by atoms with Crippen molar-refractivity contribution in [1.82, 2.24) is 14.9 Å². The summed E-state index contributed by atoms with van der Waals surface area (Å²) in [6.45, 7) is 5.30. The van der Waals surface area contributed by atoms with E-state index in [1.54, 1.807) is 4.90 Å². The Morgan fingerprint density at radius 2 is 1.72 bits per heavy atom. The van der Waals surface area contributed by atoms with Gasteiger partial charge in [-0.25, -0.2) is 9.97 Å². The van der Waals surface area contributed by atoms with Crippen LogP contribution in [0, 0.1) is 13.8 Å². The van der Waals surface area contributed by atoms with Gasteiger partial charge in [0.25, 0.3) is 5.91 Å². The minimum Gasteiger partial charge on any atom is -0.447 e. The number of amides is 1. The molecule has 2 heterocycles. The summed E-state index contributed by atoms with van der Waals surface area (Å²) in [5.41, 5.74) is 3.42. The SMILES string of the molecule is CSc1nc(C)c(CCC(=O)O[C@H](C(=O)N2CCCC2)c2ccccc2)c(C)n1. The number of aromatic nitrogens is 2. The molecule has 0 aliphatic carbocycles. The van der Waals surface area contributed by atoms with Gasteiger partial charge in [0.2, 0.25) is 6.10 Å². The molecule has 0 bridgehead atoms. The van der Waals surface area contributed by atoms with E-state index < -0.39 is 6.10 Å². The van der Waals surface area contributed by atoms with Crippen molar-refractivity contribution >= 4 is 23.6 Å². The van der Waals surface area contributed by atoms with Crippen LogP contribution < -0.4 is 0 Å². The van der Waals surface area contributed by atoms with Crippen molar-refractivity contribution in [2.45, 2.75) is 50.8 Å². The average Bonchev–Trinajstić information content (AvgIpc) is 3.26. The van der Waals surface area contributed by atoms with Crippen molar-refractivity contribution in [3.05, 3.63) is 52.8 Å². The molecule has 1 amide bonds. The molecule has 0 saturated carbocycles. The topological polar surface area (TPSA) is 72.4 Å². The molecule has 1 aliphatic heterocycles. The summed E-state index contributed by atoms with van der Waals surface area (Å²) in [4.78, 5) is 36.3. The van der Waals surface area contributed by atoms with Crippen LogP contribution in [0.3, 0.4) is 0 Å². The first-order valence-corrected chi connectivity index (χ1v) is 11.1. The Kier molecular flexibility index (Phi) is 7.25. The summed E-state index contributed by atoms with van der Waals surface area (Å²) >= 11 is 1.50. The van der Waals surface area contributed by atoms with E-state index >= 15 is 0 Å². The van der Waals surface area contributed by atoms with Gasteiger partial charge >= 0.3 is 5.97 Å². The monoisotopic (exact) mass is 413 g/mol. The van der Waals surface area contributed by atoms with Crippen LogP contribution in [-0.4, -0.2) is 46.1 Å². The molecule has 0 radical (unpaired) electrons. The van der Waals surface area contributed by atoms with Crippen LogP contribution in [0.15, 0.2) is 35.5 Å². The molecule has 1 aliphatic rings. The van der Waals surface area contributed by atoms with E-state index in [0.29, 0.717) is 12.0 Å². The van der Waals surface area contributed by atoms with E-state index in [4.69, 9.17) is 4.74 Å². The van der Waals surface area contributed by atoms with Crippen LogP contribution in [0.4, 0.5) is 0 Å². The number of likely N-dealkylation sites (tertiary alicyclic amines) is 1. The normalized spacial score (nSPS) is 14.7. The molecule has 0 spiro atoms. The molecule has 1 atom stereocenters. The number of esters is 1. The fraction of sp³-hybridized carbons (Fsp3) is 0.455. The summed E-state index contributed by atoms with van der Waals surface area (Å²) in [5.74, 6) is -0.527. The Morgan fingerprint density at radius 1 is 1.10 bits per heavy atom. The lowest BCUT2D eigenvalue weighted by Gasteiger charge is -2.23. The van der Waals surface area contributed by atoms with Gasteiger partial charge in [-0.1, -0.05) is 42.1 Å². The van der Waals surface area contributed by atoms with Crippen molar-refractivity contribution in [1.29, 1.82) is 0 Å². The van der Waals surface area contributed by atoms with Gasteiger partial charge in [-0.05, 0) is 44.9 Å². The van der Waals surface area contributed by atoms with Crippen LogP contribution in [0.25, 0.3) is 0 Å². The molecular weight excluding hydrogens is 386 g/mol. The number of rotatable bonds is 7. The zero-order chi connectivity index (χ0) is 20.8. The van der Waals surface area contributed by atoms with Crippen molar-refractivity contribution in [2.75, 3.05) is 19.3 Å². The van der Waals surface area contributed by atoms with Crippen LogP contribution in [0.2, 0.25) is 0 Å². The predicted molar refractivity (Wildman–Crippen MR) is 113 cm³/mol. The smallest absolute Gasteiger partial charge is 0.307 e. The molecular formula is C22H27N3O3S. The van der Waals surface area contributed by atoms with Crippen molar-refractivity contribution < 1.29 is 14.3 Å². The van der Waals surface area contributed by atoms with Crippen LogP contribution in [-0.2, 0) is 20.7 Å². The zero-order valence-electron chi connectivity index (χ0n) is 17.2. The van der Waals surface area contributed by atoms with Gasteiger partial charge in [-0.2, -0.15) is 0 Å². The highest BCUT2D eigenvalue weighted by atomic mass is 32.2. The largest absolute Gasteiger partial charge is 0.447 e. The summed E-state index contributed by atoms with van der Waals surface area (Å²) in [6.07, 6.45) is 3.70. The van der Waals surface area contributed by atoms with E-state index in [1.807, 2.05) is 50.4 Å². The van der Waals surface area contributed by atoms with Gasteiger partial charge in [0.15, 0.2) is 5.16 Å². The Hall–Kier alpha value is -2.41. The zero-order valence-corrected chi connectivity index (χ0v) is 18.0. The van der Waals surface area contributed by atoms with Gasteiger partial charge in [0.1, 0.15) is 0 Å². The lowest BCUT2D eigenvalue weighted by Crippen LogP contribution is -2.34. The maximum absolute atomic E-state index is 13.0. The molecule has 3 rings (SSSR count). The average molecular weight is 414 g/mol. The first-order chi connectivity index (χ1) is 14.0. The van der Waals surface area contributed by atoms with Crippen LogP contribution >= 0.6 is 11.8 Å². The maximum Gasteiger partial charge on any atom is 0.307 e. The third kappa shape index (κ3) is 5.35. The minimum atomic E-state index is -0.890. The Morgan fingerprint density at radius 3 is 2.31 bits per heavy atom. The molecule has 0 unspecified atom stereocenters. The van der Waals surface area contributed by atoms with E-state index in [1.165, 1.54) is 11.8 Å². The molecule has 1 aromatic carbocycles. The molecule has 7 heteroatoms. The van der Waals surface area contributed by atoms with Gasteiger partial charge in [0, 0.05) is 36.5 Å². The summed E-state index contributed by atoms with van der Waals surface area (Å²) in [5, 5.41) is 0.728. The first kappa shape index (κ1) is 21.3. The number of aryl methyl sites for hydroxylation is 2. The quantitative estimate of drug-likeness (QED) is 0.392. The highest BCUT2D eigenvalue weighted by Crippen LogP contribution is 2.24. The highest BCUT2D eigenvalue weighted by molar-refractivity contribution is 7.98. The summed E-state index contributed by atoms with van der Waals surface area (Å²) in [6, 6.07) is 9.24. The lowest BCUT2D eigenvalue weighted by atomic mass is 10.1. The molecule has 1 fully saturated rings. The number of thioether (sulfide) groups is 1. The molecule has 154 valence electrons. The number of carbonyl (C=O) groups excluding carboxylic acids is 2. The molecule has 1 aromatic heterocycles. The van der Waals surface area contributed by atoms with Gasteiger partial charge < -0.3 is 9.64 Å². The van der Waals surface area contributed by atoms with Crippen molar-refractivity contribution in [3.63, 3.8) is 0 Å². The Labute approximate surface area is 176 Å². The standard InChI is InChI=1S/C22H27N3O3S/c1-15-18(16(2)24-22(23-15)29-3)11-12-19(26)28-20(17-9-5-4-6-10-17)21(27)25-13-7-8-14-25/h4-6,9-10,20H,7-8,11-14H2,1-3H3/t20-/m0/s1. The number of hydrogen-bond donors (Lipinski definition) is 0. The number of nitrogens with zero attached hydrogens (tertiary/aromatic N) is 3. The number of benzene rings is 1. The van der Waals surface area contributed by atoms with Gasteiger partial charge in [-0.3, -0.25) is 9.59 Å². The van der Waals surface area contributed by atoms with Gasteiger partial charge in [0.05, 0.1) is 0 Å². The molecule has 0 N–H and O–H groups in total. The number of carbonyl (C=O) groups is 2.